The van der Waals surface area contributed by atoms with Crippen LogP contribution in [0.2, 0.25) is 0 Å². The number of nitriles is 1. The molecule has 0 fully saturated rings. The van der Waals surface area contributed by atoms with Crippen molar-refractivity contribution in [3.8, 4) is 6.07 Å². The maximum Gasteiger partial charge on any atom is 0.226 e. The summed E-state index contributed by atoms with van der Waals surface area (Å²) in [7, 11) is 1.68. The zero-order chi connectivity index (χ0) is 14.8. The van der Waals surface area contributed by atoms with E-state index in [9.17, 15) is 4.39 Å². The first-order chi connectivity index (χ1) is 10.2. The number of H-pyrrole nitrogens is 1. The molecule has 0 saturated heterocycles. The molecule has 0 unspecified atom stereocenters. The van der Waals surface area contributed by atoms with Crippen LogP contribution in [-0.2, 0) is 0 Å². The molecule has 1 aromatic carbocycles. The van der Waals surface area contributed by atoms with Crippen LogP contribution in [0, 0.1) is 17.1 Å². The Morgan fingerprint density at radius 1 is 1.33 bits per heavy atom. The molecule has 3 N–H and O–H groups in total. The Kier molecular flexibility index (Phi) is 3.08. The quantitative estimate of drug-likeness (QED) is 0.680. The molecule has 0 amide bonds. The van der Waals surface area contributed by atoms with Crippen molar-refractivity contribution in [1.82, 2.24) is 20.2 Å². The molecular formula is C13H10FN7. The molecular weight excluding hydrogens is 273 g/mol. The Morgan fingerprint density at radius 2 is 2.19 bits per heavy atom. The molecule has 2 heterocycles. The van der Waals surface area contributed by atoms with E-state index in [-0.39, 0.29) is 11.3 Å². The summed E-state index contributed by atoms with van der Waals surface area (Å²) < 4.78 is 13.9. The molecule has 0 saturated carbocycles. The van der Waals surface area contributed by atoms with Crippen molar-refractivity contribution in [2.45, 2.75) is 0 Å². The number of halogens is 1. The van der Waals surface area contributed by atoms with E-state index >= 15 is 0 Å². The van der Waals surface area contributed by atoms with Crippen molar-refractivity contribution >= 4 is 28.5 Å². The fourth-order valence-electron chi connectivity index (χ4n) is 1.86. The number of aromatic nitrogens is 4. The van der Waals surface area contributed by atoms with E-state index < -0.39 is 5.82 Å². The Bertz CT molecular complexity index is 849. The van der Waals surface area contributed by atoms with Crippen molar-refractivity contribution in [2.24, 2.45) is 0 Å². The molecule has 104 valence electrons. The maximum absolute atomic E-state index is 13.9. The van der Waals surface area contributed by atoms with Gasteiger partial charge in [-0.3, -0.25) is 5.10 Å². The van der Waals surface area contributed by atoms with Crippen LogP contribution in [0.5, 0.6) is 0 Å². The lowest BCUT2D eigenvalue weighted by atomic mass is 10.2. The Labute approximate surface area is 118 Å². The molecule has 0 spiro atoms. The van der Waals surface area contributed by atoms with E-state index in [1.165, 1.54) is 12.1 Å². The number of hydrogen-bond donors (Lipinski definition) is 3. The van der Waals surface area contributed by atoms with E-state index in [1.54, 1.807) is 13.2 Å². The van der Waals surface area contributed by atoms with E-state index in [1.807, 2.05) is 6.07 Å². The summed E-state index contributed by atoms with van der Waals surface area (Å²) in [6, 6.07) is 6.06. The lowest BCUT2D eigenvalue weighted by Gasteiger charge is -2.09. The standard InChI is InChI=1S/C13H10FN7/c1-16-13-19-11(8-6-17-21-12(8)20-13)18-10-3-2-7(5-15)4-9(10)14/h2-4,6H,1H3,(H3,16,17,18,19,20,21). The van der Waals surface area contributed by atoms with Gasteiger partial charge in [0.1, 0.15) is 11.6 Å². The summed E-state index contributed by atoms with van der Waals surface area (Å²) in [5.41, 5.74) is 1.01. The van der Waals surface area contributed by atoms with Gasteiger partial charge < -0.3 is 10.6 Å². The number of nitrogens with one attached hydrogen (secondary N) is 3. The SMILES string of the molecule is CNc1nc(Nc2ccc(C#N)cc2F)c2cn[nH]c2n1. The lowest BCUT2D eigenvalue weighted by Crippen LogP contribution is -2.02. The Balaban J connectivity index is 2.05. The molecule has 0 aliphatic carbocycles. The molecule has 0 radical (unpaired) electrons. The minimum Gasteiger partial charge on any atom is -0.357 e. The average molecular weight is 283 g/mol. The van der Waals surface area contributed by atoms with Crippen LogP contribution in [0.4, 0.5) is 21.8 Å². The van der Waals surface area contributed by atoms with Crippen molar-refractivity contribution in [3.05, 3.63) is 35.8 Å². The fourth-order valence-corrected chi connectivity index (χ4v) is 1.86. The molecule has 2 aromatic heterocycles. The van der Waals surface area contributed by atoms with Crippen molar-refractivity contribution < 1.29 is 4.39 Å². The number of hydrogen-bond acceptors (Lipinski definition) is 6. The molecule has 0 bridgehead atoms. The minimum atomic E-state index is -0.532. The zero-order valence-corrected chi connectivity index (χ0v) is 11.0. The van der Waals surface area contributed by atoms with Gasteiger partial charge in [-0.1, -0.05) is 0 Å². The number of fused-ring (bicyclic) bond motifs is 1. The van der Waals surface area contributed by atoms with Gasteiger partial charge in [0, 0.05) is 7.05 Å². The van der Waals surface area contributed by atoms with E-state index in [4.69, 9.17) is 5.26 Å². The predicted octanol–water partition coefficient (Wildman–Crippen LogP) is 2.15. The number of nitrogens with zero attached hydrogens (tertiary/aromatic N) is 4. The highest BCUT2D eigenvalue weighted by molar-refractivity contribution is 5.89. The van der Waals surface area contributed by atoms with Crippen molar-refractivity contribution in [2.75, 3.05) is 17.7 Å². The lowest BCUT2D eigenvalue weighted by molar-refractivity contribution is 0.631. The van der Waals surface area contributed by atoms with E-state index in [0.29, 0.717) is 22.8 Å². The van der Waals surface area contributed by atoms with Crippen molar-refractivity contribution in [3.63, 3.8) is 0 Å². The molecule has 3 aromatic rings. The third-order valence-electron chi connectivity index (χ3n) is 2.88. The van der Waals surface area contributed by atoms with Crippen LogP contribution in [0.25, 0.3) is 11.0 Å². The van der Waals surface area contributed by atoms with Gasteiger partial charge in [0.2, 0.25) is 5.95 Å². The zero-order valence-electron chi connectivity index (χ0n) is 11.0. The normalized spacial score (nSPS) is 10.3. The summed E-state index contributed by atoms with van der Waals surface area (Å²) in [4.78, 5) is 8.43. The third kappa shape index (κ3) is 2.32. The number of rotatable bonds is 3. The largest absolute Gasteiger partial charge is 0.357 e. The van der Waals surface area contributed by atoms with Gasteiger partial charge in [0.25, 0.3) is 0 Å². The smallest absolute Gasteiger partial charge is 0.226 e. The average Bonchev–Trinajstić information content (AvgIpc) is 2.97. The highest BCUT2D eigenvalue weighted by atomic mass is 19.1. The van der Waals surface area contributed by atoms with Gasteiger partial charge in [-0.25, -0.2) is 4.39 Å². The monoisotopic (exact) mass is 283 g/mol. The Hall–Kier alpha value is -3.21. The first kappa shape index (κ1) is 12.8. The fraction of sp³-hybridized carbons (Fsp3) is 0.0769. The number of aromatic amines is 1. The van der Waals surface area contributed by atoms with Gasteiger partial charge in [-0.15, -0.1) is 0 Å². The molecule has 0 aliphatic rings. The van der Waals surface area contributed by atoms with Gasteiger partial charge in [0.15, 0.2) is 5.65 Å². The summed E-state index contributed by atoms with van der Waals surface area (Å²) in [5, 5.41) is 21.7. The van der Waals surface area contributed by atoms with Crippen LogP contribution in [0.1, 0.15) is 5.56 Å². The van der Waals surface area contributed by atoms with Crippen LogP contribution >= 0.6 is 0 Å². The van der Waals surface area contributed by atoms with Crippen LogP contribution in [-0.4, -0.2) is 27.2 Å². The van der Waals surface area contributed by atoms with Crippen LogP contribution in [0.15, 0.2) is 24.4 Å². The molecule has 7 nitrogen and oxygen atoms in total. The summed E-state index contributed by atoms with van der Waals surface area (Å²) in [6.07, 6.45) is 1.55. The van der Waals surface area contributed by atoms with Gasteiger partial charge in [-0.2, -0.15) is 20.3 Å². The molecule has 0 aliphatic heterocycles. The minimum absolute atomic E-state index is 0.220. The number of anilines is 3. The molecule has 0 atom stereocenters. The van der Waals surface area contributed by atoms with Crippen LogP contribution in [0.3, 0.4) is 0 Å². The van der Waals surface area contributed by atoms with Crippen LogP contribution < -0.4 is 10.6 Å². The second-order valence-electron chi connectivity index (χ2n) is 4.21. The van der Waals surface area contributed by atoms with Gasteiger partial charge in [-0.05, 0) is 18.2 Å². The second-order valence-corrected chi connectivity index (χ2v) is 4.21. The molecule has 3 rings (SSSR count). The highest BCUT2D eigenvalue weighted by Crippen LogP contribution is 2.25. The topological polar surface area (TPSA) is 102 Å². The maximum atomic E-state index is 13.9. The van der Waals surface area contributed by atoms with E-state index in [2.05, 4.69) is 30.8 Å². The highest BCUT2D eigenvalue weighted by Gasteiger charge is 2.11. The first-order valence-corrected chi connectivity index (χ1v) is 6.07. The van der Waals surface area contributed by atoms with Gasteiger partial charge >= 0.3 is 0 Å². The summed E-state index contributed by atoms with van der Waals surface area (Å²) >= 11 is 0. The Morgan fingerprint density at radius 3 is 2.90 bits per heavy atom. The predicted molar refractivity (Wildman–Crippen MR) is 75.6 cm³/mol. The molecule has 8 heteroatoms. The van der Waals surface area contributed by atoms with E-state index in [0.717, 1.165) is 6.07 Å². The number of benzene rings is 1. The first-order valence-electron chi connectivity index (χ1n) is 6.07. The summed E-state index contributed by atoms with van der Waals surface area (Å²) in [5.74, 6) is 0.264. The van der Waals surface area contributed by atoms with Crippen molar-refractivity contribution in [1.29, 1.82) is 5.26 Å². The van der Waals surface area contributed by atoms with Gasteiger partial charge in [0.05, 0.1) is 28.9 Å². The third-order valence-corrected chi connectivity index (χ3v) is 2.88. The second kappa shape index (κ2) is 5.05. The summed E-state index contributed by atoms with van der Waals surface area (Å²) in [6.45, 7) is 0. The molecule has 21 heavy (non-hydrogen) atoms.